The standard InChI is InChI=1S/C12H15BrN2OS/c13-9-2-3-10(12(14)17)11(8-9)15-4-1-6-16-7-5-15/h2-3,8H,1,4-7H2,(H2,14,17). The first-order valence-corrected chi connectivity index (χ1v) is 6.80. The van der Waals surface area contributed by atoms with Crippen LogP contribution >= 0.6 is 28.1 Å². The van der Waals surface area contributed by atoms with Gasteiger partial charge in [-0.05, 0) is 24.6 Å². The molecule has 17 heavy (non-hydrogen) atoms. The molecule has 0 bridgehead atoms. The van der Waals surface area contributed by atoms with Crippen molar-refractivity contribution in [2.24, 2.45) is 5.73 Å². The summed E-state index contributed by atoms with van der Waals surface area (Å²) in [5.74, 6) is 0. The number of benzene rings is 1. The summed E-state index contributed by atoms with van der Waals surface area (Å²) >= 11 is 8.59. The van der Waals surface area contributed by atoms with Crippen LogP contribution in [0.25, 0.3) is 0 Å². The molecule has 1 aliphatic heterocycles. The van der Waals surface area contributed by atoms with Crippen LogP contribution in [0.2, 0.25) is 0 Å². The van der Waals surface area contributed by atoms with Gasteiger partial charge in [-0.2, -0.15) is 0 Å². The monoisotopic (exact) mass is 314 g/mol. The van der Waals surface area contributed by atoms with E-state index in [1.165, 1.54) is 0 Å². The predicted molar refractivity (Wildman–Crippen MR) is 77.7 cm³/mol. The van der Waals surface area contributed by atoms with Gasteiger partial charge in [0.25, 0.3) is 0 Å². The largest absolute Gasteiger partial charge is 0.389 e. The van der Waals surface area contributed by atoms with Crippen molar-refractivity contribution < 1.29 is 4.74 Å². The molecule has 1 aromatic carbocycles. The predicted octanol–water partition coefficient (Wildman–Crippen LogP) is 2.31. The average molecular weight is 315 g/mol. The van der Waals surface area contributed by atoms with Crippen LogP contribution in [0.3, 0.4) is 0 Å². The molecule has 2 rings (SSSR count). The van der Waals surface area contributed by atoms with Crippen LogP contribution in [0, 0.1) is 0 Å². The molecular weight excluding hydrogens is 300 g/mol. The molecule has 1 aromatic rings. The van der Waals surface area contributed by atoms with Crippen molar-refractivity contribution in [1.29, 1.82) is 0 Å². The third-order valence-electron chi connectivity index (χ3n) is 2.79. The Morgan fingerprint density at radius 1 is 1.35 bits per heavy atom. The number of rotatable bonds is 2. The second-order valence-electron chi connectivity index (χ2n) is 3.98. The van der Waals surface area contributed by atoms with Gasteiger partial charge in [-0.1, -0.05) is 28.1 Å². The normalized spacial score (nSPS) is 16.6. The fourth-order valence-electron chi connectivity index (χ4n) is 1.96. The summed E-state index contributed by atoms with van der Waals surface area (Å²) in [7, 11) is 0. The molecule has 0 aliphatic carbocycles. The number of halogens is 1. The van der Waals surface area contributed by atoms with Crippen molar-refractivity contribution in [3.05, 3.63) is 28.2 Å². The van der Waals surface area contributed by atoms with Gasteiger partial charge < -0.3 is 15.4 Å². The summed E-state index contributed by atoms with van der Waals surface area (Å²) < 4.78 is 6.50. The van der Waals surface area contributed by atoms with Gasteiger partial charge in [0.15, 0.2) is 0 Å². The van der Waals surface area contributed by atoms with Crippen molar-refractivity contribution in [3.63, 3.8) is 0 Å². The number of hydrogen-bond acceptors (Lipinski definition) is 3. The van der Waals surface area contributed by atoms with E-state index in [4.69, 9.17) is 22.7 Å². The summed E-state index contributed by atoms with van der Waals surface area (Å²) in [4.78, 5) is 2.73. The first kappa shape index (κ1) is 12.8. The molecule has 0 amide bonds. The number of nitrogens with zero attached hydrogens (tertiary/aromatic N) is 1. The van der Waals surface area contributed by atoms with E-state index >= 15 is 0 Å². The maximum absolute atomic E-state index is 5.77. The maximum atomic E-state index is 5.77. The third kappa shape index (κ3) is 3.18. The Labute approximate surface area is 115 Å². The number of nitrogens with two attached hydrogens (primary N) is 1. The smallest absolute Gasteiger partial charge is 0.106 e. The Morgan fingerprint density at radius 2 is 2.18 bits per heavy atom. The lowest BCUT2D eigenvalue weighted by molar-refractivity contribution is 0.152. The number of thiocarbonyl (C=S) groups is 1. The molecule has 0 unspecified atom stereocenters. The summed E-state index contributed by atoms with van der Waals surface area (Å²) in [6, 6.07) is 6.00. The van der Waals surface area contributed by atoms with Crippen molar-refractivity contribution in [2.45, 2.75) is 6.42 Å². The topological polar surface area (TPSA) is 38.5 Å². The van der Waals surface area contributed by atoms with Gasteiger partial charge in [-0.15, -0.1) is 0 Å². The summed E-state index contributed by atoms with van der Waals surface area (Å²) in [6.07, 6.45) is 1.03. The zero-order valence-corrected chi connectivity index (χ0v) is 11.9. The van der Waals surface area contributed by atoms with Gasteiger partial charge >= 0.3 is 0 Å². The van der Waals surface area contributed by atoms with Crippen LogP contribution in [-0.2, 0) is 4.74 Å². The Kier molecular flexibility index (Phi) is 4.36. The van der Waals surface area contributed by atoms with Crippen LogP contribution in [0.4, 0.5) is 5.69 Å². The fraction of sp³-hybridized carbons (Fsp3) is 0.417. The summed E-state index contributed by atoms with van der Waals surface area (Å²) in [5.41, 5.74) is 7.80. The molecule has 3 nitrogen and oxygen atoms in total. The number of hydrogen-bond donors (Lipinski definition) is 1. The second-order valence-corrected chi connectivity index (χ2v) is 5.33. The van der Waals surface area contributed by atoms with E-state index in [0.717, 1.165) is 48.4 Å². The first-order valence-electron chi connectivity index (χ1n) is 5.60. The van der Waals surface area contributed by atoms with Crippen LogP contribution in [0.15, 0.2) is 22.7 Å². The minimum Gasteiger partial charge on any atom is -0.389 e. The molecule has 92 valence electrons. The molecule has 5 heteroatoms. The highest BCUT2D eigenvalue weighted by molar-refractivity contribution is 9.10. The van der Waals surface area contributed by atoms with Crippen molar-refractivity contribution in [1.82, 2.24) is 0 Å². The van der Waals surface area contributed by atoms with Gasteiger partial charge in [-0.25, -0.2) is 0 Å². The highest BCUT2D eigenvalue weighted by atomic mass is 79.9. The quantitative estimate of drug-likeness (QED) is 0.850. The molecule has 0 radical (unpaired) electrons. The minimum atomic E-state index is 0.442. The van der Waals surface area contributed by atoms with E-state index in [-0.39, 0.29) is 0 Å². The third-order valence-corrected chi connectivity index (χ3v) is 3.50. The maximum Gasteiger partial charge on any atom is 0.106 e. The zero-order valence-electron chi connectivity index (χ0n) is 9.49. The Morgan fingerprint density at radius 3 is 2.94 bits per heavy atom. The van der Waals surface area contributed by atoms with Crippen molar-refractivity contribution in [3.8, 4) is 0 Å². The van der Waals surface area contributed by atoms with Gasteiger partial charge in [0.1, 0.15) is 4.99 Å². The van der Waals surface area contributed by atoms with Crippen LogP contribution < -0.4 is 10.6 Å². The van der Waals surface area contributed by atoms with Gasteiger partial charge in [-0.3, -0.25) is 0 Å². The molecule has 1 saturated heterocycles. The minimum absolute atomic E-state index is 0.442. The molecule has 0 aromatic heterocycles. The molecule has 1 heterocycles. The van der Waals surface area contributed by atoms with E-state index in [1.54, 1.807) is 0 Å². The Bertz CT molecular complexity index is 417. The van der Waals surface area contributed by atoms with Crippen molar-refractivity contribution >= 4 is 38.8 Å². The van der Waals surface area contributed by atoms with E-state index < -0.39 is 0 Å². The number of ether oxygens (including phenoxy) is 1. The second kappa shape index (κ2) is 5.80. The zero-order chi connectivity index (χ0) is 12.3. The van der Waals surface area contributed by atoms with Crippen molar-refractivity contribution in [2.75, 3.05) is 31.2 Å². The van der Waals surface area contributed by atoms with E-state index in [1.807, 2.05) is 12.1 Å². The fourth-order valence-corrected chi connectivity index (χ4v) is 2.48. The molecule has 0 saturated carbocycles. The van der Waals surface area contributed by atoms with E-state index in [2.05, 4.69) is 26.9 Å². The lowest BCUT2D eigenvalue weighted by atomic mass is 10.1. The lowest BCUT2D eigenvalue weighted by Crippen LogP contribution is -2.28. The van der Waals surface area contributed by atoms with Gasteiger partial charge in [0.05, 0.1) is 6.61 Å². The van der Waals surface area contributed by atoms with Gasteiger partial charge in [0, 0.05) is 35.4 Å². The molecule has 2 N–H and O–H groups in total. The van der Waals surface area contributed by atoms with Gasteiger partial charge in [0.2, 0.25) is 0 Å². The molecule has 1 aliphatic rings. The highest BCUT2D eigenvalue weighted by Crippen LogP contribution is 2.26. The van der Waals surface area contributed by atoms with Crippen LogP contribution in [0.1, 0.15) is 12.0 Å². The first-order chi connectivity index (χ1) is 8.18. The number of anilines is 1. The van der Waals surface area contributed by atoms with E-state index in [9.17, 15) is 0 Å². The summed E-state index contributed by atoms with van der Waals surface area (Å²) in [6.45, 7) is 3.44. The Balaban J connectivity index is 2.34. The average Bonchev–Trinajstić information content (AvgIpc) is 2.56. The van der Waals surface area contributed by atoms with Crippen LogP contribution in [0.5, 0.6) is 0 Å². The Hall–Kier alpha value is -0.650. The highest BCUT2D eigenvalue weighted by Gasteiger charge is 2.15. The molecule has 1 fully saturated rings. The SMILES string of the molecule is NC(=S)c1ccc(Br)cc1N1CCCOCC1. The molecule has 0 atom stereocenters. The lowest BCUT2D eigenvalue weighted by Gasteiger charge is -2.24. The summed E-state index contributed by atoms with van der Waals surface area (Å²) in [5, 5.41) is 0. The molecular formula is C12H15BrN2OS. The van der Waals surface area contributed by atoms with E-state index in [0.29, 0.717) is 4.99 Å². The molecule has 0 spiro atoms. The van der Waals surface area contributed by atoms with Crippen LogP contribution in [-0.4, -0.2) is 31.3 Å².